The van der Waals surface area contributed by atoms with Crippen LogP contribution in [-0.2, 0) is 15.3 Å². The molecule has 0 fully saturated rings. The van der Waals surface area contributed by atoms with Crippen molar-refractivity contribution >= 4 is 17.7 Å². The van der Waals surface area contributed by atoms with E-state index in [2.05, 4.69) is 10.8 Å². The van der Waals surface area contributed by atoms with Gasteiger partial charge in [0.2, 0.25) is 0 Å². The van der Waals surface area contributed by atoms with Crippen LogP contribution in [0.2, 0.25) is 0 Å². The maximum Gasteiger partial charge on any atom is 0.323 e. The third-order valence-electron chi connectivity index (χ3n) is 2.46. The van der Waals surface area contributed by atoms with Crippen molar-refractivity contribution in [2.45, 2.75) is 11.8 Å². The van der Waals surface area contributed by atoms with Crippen molar-refractivity contribution in [3.8, 4) is 11.8 Å². The van der Waals surface area contributed by atoms with Gasteiger partial charge in [0.05, 0.1) is 19.8 Å². The highest BCUT2D eigenvalue weighted by molar-refractivity contribution is 7.98. The van der Waals surface area contributed by atoms with Crippen molar-refractivity contribution in [3.05, 3.63) is 29.3 Å². The Morgan fingerprint density at radius 2 is 2.26 bits per heavy atom. The minimum atomic E-state index is -0.615. The number of nitriles is 1. The summed E-state index contributed by atoms with van der Waals surface area (Å²) in [5.74, 6) is 1.31. The Labute approximate surface area is 116 Å². The molecule has 102 valence electrons. The highest BCUT2D eigenvalue weighted by atomic mass is 32.2. The van der Waals surface area contributed by atoms with Crippen LogP contribution >= 0.6 is 11.8 Å². The largest absolute Gasteiger partial charge is 0.495 e. The molecule has 1 aromatic carbocycles. The molecule has 6 heteroatoms. The maximum atomic E-state index is 11.1. The fourth-order valence-corrected chi connectivity index (χ4v) is 2.36. The van der Waals surface area contributed by atoms with E-state index in [9.17, 15) is 4.79 Å². The molecule has 0 bridgehead atoms. The summed E-state index contributed by atoms with van der Waals surface area (Å²) in [6.07, 6.45) is 0. The number of benzene rings is 1. The first-order valence-electron chi connectivity index (χ1n) is 5.60. The molecule has 0 heterocycles. The van der Waals surface area contributed by atoms with Crippen LogP contribution < -0.4 is 10.5 Å². The molecular weight excluding hydrogens is 264 g/mol. The number of esters is 1. The number of thioether (sulfide) groups is 1. The van der Waals surface area contributed by atoms with Gasteiger partial charge in [0.15, 0.2) is 0 Å². The van der Waals surface area contributed by atoms with Gasteiger partial charge in [-0.25, -0.2) is 0 Å². The van der Waals surface area contributed by atoms with Gasteiger partial charge in [0, 0.05) is 11.5 Å². The first-order valence-corrected chi connectivity index (χ1v) is 6.76. The summed E-state index contributed by atoms with van der Waals surface area (Å²) < 4.78 is 9.68. The SMILES string of the molecule is COC(=O)C(N)CSCc1ccc(C#N)c(OC)c1. The zero-order valence-electron chi connectivity index (χ0n) is 10.9. The van der Waals surface area contributed by atoms with E-state index in [4.69, 9.17) is 15.7 Å². The molecular formula is C13H16N2O3S. The van der Waals surface area contributed by atoms with E-state index in [1.807, 2.05) is 12.1 Å². The Kier molecular flexibility index (Phi) is 6.19. The van der Waals surface area contributed by atoms with E-state index < -0.39 is 12.0 Å². The molecule has 0 saturated carbocycles. The summed E-state index contributed by atoms with van der Waals surface area (Å²) in [6.45, 7) is 0. The summed E-state index contributed by atoms with van der Waals surface area (Å²) in [7, 11) is 2.85. The molecule has 1 rings (SSSR count). The van der Waals surface area contributed by atoms with Crippen LogP contribution in [0.15, 0.2) is 18.2 Å². The highest BCUT2D eigenvalue weighted by Crippen LogP contribution is 2.22. The highest BCUT2D eigenvalue weighted by Gasteiger charge is 2.13. The summed E-state index contributed by atoms with van der Waals surface area (Å²) in [6, 6.07) is 6.83. The van der Waals surface area contributed by atoms with Crippen LogP contribution in [0.3, 0.4) is 0 Å². The fourth-order valence-electron chi connectivity index (χ4n) is 1.44. The molecule has 0 aliphatic rings. The predicted molar refractivity (Wildman–Crippen MR) is 73.9 cm³/mol. The summed E-state index contributed by atoms with van der Waals surface area (Å²) in [5, 5.41) is 8.87. The molecule has 0 aromatic heterocycles. The van der Waals surface area contributed by atoms with Crippen molar-refractivity contribution in [2.24, 2.45) is 5.73 Å². The van der Waals surface area contributed by atoms with E-state index in [0.29, 0.717) is 22.8 Å². The average molecular weight is 280 g/mol. The van der Waals surface area contributed by atoms with Crippen molar-refractivity contribution in [1.29, 1.82) is 5.26 Å². The fraction of sp³-hybridized carbons (Fsp3) is 0.385. The zero-order chi connectivity index (χ0) is 14.3. The molecule has 1 aromatic rings. The van der Waals surface area contributed by atoms with Gasteiger partial charge in [-0.3, -0.25) is 4.79 Å². The number of carbonyl (C=O) groups excluding carboxylic acids is 1. The zero-order valence-corrected chi connectivity index (χ0v) is 11.7. The lowest BCUT2D eigenvalue weighted by Gasteiger charge is -2.09. The second kappa shape index (κ2) is 7.67. The normalized spacial score (nSPS) is 11.5. The topological polar surface area (TPSA) is 85.3 Å². The number of hydrogen-bond acceptors (Lipinski definition) is 6. The third-order valence-corrected chi connectivity index (χ3v) is 3.59. The molecule has 5 nitrogen and oxygen atoms in total. The molecule has 0 aliphatic heterocycles. The van der Waals surface area contributed by atoms with Gasteiger partial charge in [0.25, 0.3) is 0 Å². The van der Waals surface area contributed by atoms with E-state index in [0.717, 1.165) is 5.56 Å². The molecule has 0 saturated heterocycles. The Balaban J connectivity index is 2.55. The second-order valence-corrected chi connectivity index (χ2v) is 4.82. The Bertz CT molecular complexity index is 485. The number of hydrogen-bond donors (Lipinski definition) is 1. The van der Waals surface area contributed by atoms with E-state index >= 15 is 0 Å². The van der Waals surface area contributed by atoms with E-state index in [1.54, 1.807) is 6.07 Å². The minimum absolute atomic E-state index is 0.412. The number of rotatable bonds is 6. The maximum absolute atomic E-state index is 11.1. The number of carbonyl (C=O) groups is 1. The molecule has 0 radical (unpaired) electrons. The molecule has 0 amide bonds. The predicted octanol–water partition coefficient (Wildman–Crippen LogP) is 1.30. The van der Waals surface area contributed by atoms with Crippen LogP contribution in [0.1, 0.15) is 11.1 Å². The molecule has 1 atom stereocenters. The quantitative estimate of drug-likeness (QED) is 0.791. The van der Waals surface area contributed by atoms with Crippen LogP contribution in [0.5, 0.6) is 5.75 Å². The van der Waals surface area contributed by atoms with E-state index in [-0.39, 0.29) is 0 Å². The lowest BCUT2D eigenvalue weighted by molar-refractivity contribution is -0.141. The lowest BCUT2D eigenvalue weighted by atomic mass is 10.1. The second-order valence-electron chi connectivity index (χ2n) is 3.79. The van der Waals surface area contributed by atoms with Crippen molar-refractivity contribution < 1.29 is 14.3 Å². The van der Waals surface area contributed by atoms with Gasteiger partial charge in [-0.2, -0.15) is 17.0 Å². The van der Waals surface area contributed by atoms with Gasteiger partial charge in [-0.1, -0.05) is 6.07 Å². The molecule has 1 unspecified atom stereocenters. The summed E-state index contributed by atoms with van der Waals surface area (Å²) in [5.41, 5.74) is 7.14. The molecule has 19 heavy (non-hydrogen) atoms. The van der Waals surface area contributed by atoms with Crippen molar-refractivity contribution in [1.82, 2.24) is 0 Å². The van der Waals surface area contributed by atoms with Crippen molar-refractivity contribution in [3.63, 3.8) is 0 Å². The smallest absolute Gasteiger partial charge is 0.323 e. The Hall–Kier alpha value is -1.71. The van der Waals surface area contributed by atoms with Crippen LogP contribution in [-0.4, -0.2) is 32.0 Å². The third kappa shape index (κ3) is 4.47. The van der Waals surface area contributed by atoms with Crippen LogP contribution in [0.25, 0.3) is 0 Å². The van der Waals surface area contributed by atoms with Gasteiger partial charge in [-0.15, -0.1) is 0 Å². The van der Waals surface area contributed by atoms with Gasteiger partial charge in [0.1, 0.15) is 17.9 Å². The van der Waals surface area contributed by atoms with Gasteiger partial charge in [-0.05, 0) is 17.7 Å². The molecule has 0 spiro atoms. The lowest BCUT2D eigenvalue weighted by Crippen LogP contribution is -2.33. The Morgan fingerprint density at radius 3 is 2.84 bits per heavy atom. The number of nitrogens with zero attached hydrogens (tertiary/aromatic N) is 1. The summed E-state index contributed by atoms with van der Waals surface area (Å²) >= 11 is 1.53. The number of nitrogens with two attached hydrogens (primary N) is 1. The van der Waals surface area contributed by atoms with Gasteiger partial charge < -0.3 is 15.2 Å². The monoisotopic (exact) mass is 280 g/mol. The molecule has 2 N–H and O–H groups in total. The first-order chi connectivity index (χ1) is 9.12. The van der Waals surface area contributed by atoms with Crippen molar-refractivity contribution in [2.75, 3.05) is 20.0 Å². The molecule has 0 aliphatic carbocycles. The number of ether oxygens (including phenoxy) is 2. The first kappa shape index (κ1) is 15.3. The average Bonchev–Trinajstić information content (AvgIpc) is 2.45. The Morgan fingerprint density at radius 1 is 1.53 bits per heavy atom. The van der Waals surface area contributed by atoms with Crippen LogP contribution in [0.4, 0.5) is 0 Å². The number of methoxy groups -OCH3 is 2. The summed E-state index contributed by atoms with van der Waals surface area (Å²) in [4.78, 5) is 11.1. The van der Waals surface area contributed by atoms with E-state index in [1.165, 1.54) is 26.0 Å². The minimum Gasteiger partial charge on any atom is -0.495 e. The van der Waals surface area contributed by atoms with Crippen LogP contribution in [0, 0.1) is 11.3 Å². The van der Waals surface area contributed by atoms with Gasteiger partial charge >= 0.3 is 5.97 Å². The standard InChI is InChI=1S/C13H16N2O3S/c1-17-12-5-9(3-4-10(12)6-14)7-19-8-11(15)13(16)18-2/h3-5,11H,7-8,15H2,1-2H3.